The molecule has 9 nitrogen and oxygen atoms in total. The van der Waals surface area contributed by atoms with E-state index in [0.29, 0.717) is 51.8 Å². The van der Waals surface area contributed by atoms with Gasteiger partial charge in [-0.3, -0.25) is 0 Å². The highest BCUT2D eigenvalue weighted by Gasteiger charge is 2.18. The van der Waals surface area contributed by atoms with Gasteiger partial charge < -0.3 is 30.0 Å². The Labute approximate surface area is 210 Å². The number of anilines is 1. The molecule has 0 unspecified atom stereocenters. The summed E-state index contributed by atoms with van der Waals surface area (Å²) in [6, 6.07) is 17.8. The van der Waals surface area contributed by atoms with Crippen LogP contribution in [0.15, 0.2) is 54.6 Å². The molecule has 0 radical (unpaired) electrons. The fourth-order valence-corrected chi connectivity index (χ4v) is 4.58. The number of para-hydroxylation sites is 2. The second-order valence-electron chi connectivity index (χ2n) is 8.84. The van der Waals surface area contributed by atoms with Crippen LogP contribution in [-0.4, -0.2) is 64.9 Å². The average molecular weight is 489 g/mol. The van der Waals surface area contributed by atoms with Crippen LogP contribution in [0.4, 0.5) is 10.6 Å². The average Bonchev–Trinajstić information content (AvgIpc) is 3.29. The molecule has 36 heavy (non-hydrogen) atoms. The minimum absolute atomic E-state index is 0.0361. The summed E-state index contributed by atoms with van der Waals surface area (Å²) < 4.78 is 13.5. The lowest BCUT2D eigenvalue weighted by atomic mass is 10.2. The van der Waals surface area contributed by atoms with E-state index >= 15 is 0 Å². The molecule has 2 amide bonds. The number of nitrogens with two attached hydrogens (primary N) is 1. The summed E-state index contributed by atoms with van der Waals surface area (Å²) in [5.74, 6) is 2.25. The van der Waals surface area contributed by atoms with Gasteiger partial charge in [-0.05, 0) is 31.0 Å². The van der Waals surface area contributed by atoms with E-state index in [9.17, 15) is 4.79 Å². The monoisotopic (exact) mass is 488 g/mol. The van der Waals surface area contributed by atoms with E-state index in [1.165, 1.54) is 0 Å². The molecule has 0 spiro atoms. The number of hydrogen-bond acceptors (Lipinski definition) is 6. The molecule has 2 aromatic heterocycles. The number of aromatic nitrogens is 3. The molecule has 0 aliphatic carbocycles. The first-order chi connectivity index (χ1) is 17.7. The van der Waals surface area contributed by atoms with Crippen LogP contribution in [0.25, 0.3) is 21.9 Å². The van der Waals surface area contributed by atoms with E-state index in [4.69, 9.17) is 20.2 Å². The number of fused-ring (bicyclic) bond motifs is 3. The van der Waals surface area contributed by atoms with Gasteiger partial charge in [0.05, 0.1) is 30.9 Å². The topological polar surface area (TPSA) is 108 Å². The molecule has 0 saturated carbocycles. The van der Waals surface area contributed by atoms with Gasteiger partial charge in [0.25, 0.3) is 0 Å². The van der Waals surface area contributed by atoms with Crippen LogP contribution in [0.2, 0.25) is 0 Å². The summed E-state index contributed by atoms with van der Waals surface area (Å²) in [6.45, 7) is 4.32. The molecular weight excluding hydrogens is 456 g/mol. The molecule has 0 atom stereocenters. The summed E-state index contributed by atoms with van der Waals surface area (Å²) in [4.78, 5) is 23.7. The first-order valence-corrected chi connectivity index (χ1v) is 12.5. The summed E-state index contributed by atoms with van der Waals surface area (Å²) >= 11 is 0. The van der Waals surface area contributed by atoms with E-state index in [0.717, 1.165) is 52.8 Å². The molecule has 1 aliphatic heterocycles. The minimum atomic E-state index is -0.0361. The lowest BCUT2D eigenvalue weighted by Crippen LogP contribution is -2.46. The molecule has 4 aromatic rings. The Morgan fingerprint density at radius 3 is 2.64 bits per heavy atom. The number of ether oxygens (including phenoxy) is 2. The molecule has 0 bridgehead atoms. The van der Waals surface area contributed by atoms with Crippen molar-refractivity contribution >= 4 is 33.8 Å². The Morgan fingerprint density at radius 2 is 1.81 bits per heavy atom. The zero-order valence-electron chi connectivity index (χ0n) is 20.4. The number of morpholine rings is 1. The number of nitrogen functional groups attached to an aromatic ring is 1. The molecule has 5 rings (SSSR count). The highest BCUT2D eigenvalue weighted by atomic mass is 16.5. The van der Waals surface area contributed by atoms with Crippen LogP contribution in [0.5, 0.6) is 5.75 Å². The number of urea groups is 1. The van der Waals surface area contributed by atoms with Gasteiger partial charge in [0, 0.05) is 38.0 Å². The van der Waals surface area contributed by atoms with Gasteiger partial charge in [0.2, 0.25) is 0 Å². The third-order valence-electron chi connectivity index (χ3n) is 6.38. The van der Waals surface area contributed by atoms with Crippen molar-refractivity contribution in [2.24, 2.45) is 0 Å². The molecule has 1 fully saturated rings. The van der Waals surface area contributed by atoms with Gasteiger partial charge in [-0.15, -0.1) is 0 Å². The lowest BCUT2D eigenvalue weighted by Gasteiger charge is -2.26. The summed E-state index contributed by atoms with van der Waals surface area (Å²) in [7, 11) is 0. The number of rotatable bonds is 9. The highest BCUT2D eigenvalue weighted by molar-refractivity contribution is 6.06. The standard InChI is InChI=1S/C27H32N6O3/c28-26-24-25(21-10-4-5-11-22(21)30-26)33(14-7-13-29-27(34)32-15-18-35-19-16-32)23(31-24)12-6-17-36-20-8-2-1-3-9-20/h1-5,8-11H,6-7,12-19H2,(H2,28,30)(H,29,34). The smallest absolute Gasteiger partial charge is 0.317 e. The molecule has 1 aliphatic rings. The molecule has 188 valence electrons. The van der Waals surface area contributed by atoms with E-state index in [1.807, 2.05) is 48.5 Å². The Balaban J connectivity index is 1.31. The third-order valence-corrected chi connectivity index (χ3v) is 6.38. The van der Waals surface area contributed by atoms with Crippen molar-refractivity contribution < 1.29 is 14.3 Å². The van der Waals surface area contributed by atoms with E-state index in [1.54, 1.807) is 4.90 Å². The number of imidazole rings is 1. The Morgan fingerprint density at radius 1 is 1.03 bits per heavy atom. The maximum atomic E-state index is 12.5. The van der Waals surface area contributed by atoms with Gasteiger partial charge >= 0.3 is 6.03 Å². The van der Waals surface area contributed by atoms with E-state index in [-0.39, 0.29) is 6.03 Å². The first-order valence-electron chi connectivity index (χ1n) is 12.5. The maximum Gasteiger partial charge on any atom is 0.317 e. The molecule has 1 saturated heterocycles. The second kappa shape index (κ2) is 11.3. The first kappa shape index (κ1) is 23.9. The summed E-state index contributed by atoms with van der Waals surface area (Å²) in [5.41, 5.74) is 8.90. The van der Waals surface area contributed by atoms with Crippen LogP contribution in [-0.2, 0) is 17.7 Å². The van der Waals surface area contributed by atoms with Crippen molar-refractivity contribution in [3.05, 3.63) is 60.4 Å². The predicted molar refractivity (Wildman–Crippen MR) is 140 cm³/mol. The van der Waals surface area contributed by atoms with Crippen molar-refractivity contribution in [2.45, 2.75) is 25.8 Å². The fourth-order valence-electron chi connectivity index (χ4n) is 4.58. The van der Waals surface area contributed by atoms with Crippen LogP contribution in [0, 0.1) is 0 Å². The highest BCUT2D eigenvalue weighted by Crippen LogP contribution is 2.29. The van der Waals surface area contributed by atoms with Crippen molar-refractivity contribution in [1.82, 2.24) is 24.8 Å². The second-order valence-corrected chi connectivity index (χ2v) is 8.84. The number of benzene rings is 2. The number of carbonyl (C=O) groups excluding carboxylic acids is 1. The van der Waals surface area contributed by atoms with Crippen LogP contribution >= 0.6 is 0 Å². The summed E-state index contributed by atoms with van der Waals surface area (Å²) in [5, 5.41) is 4.07. The van der Waals surface area contributed by atoms with E-state index in [2.05, 4.69) is 20.9 Å². The van der Waals surface area contributed by atoms with Gasteiger partial charge in [-0.25, -0.2) is 14.8 Å². The SMILES string of the molecule is Nc1nc2ccccc2c2c1nc(CCCOc1ccccc1)n2CCCNC(=O)N1CCOCC1. The largest absolute Gasteiger partial charge is 0.494 e. The number of hydrogen-bond donors (Lipinski definition) is 2. The van der Waals surface area contributed by atoms with Crippen molar-refractivity contribution in [3.8, 4) is 5.75 Å². The number of aryl methyl sites for hydroxylation is 2. The van der Waals surface area contributed by atoms with Crippen LogP contribution in [0.1, 0.15) is 18.7 Å². The van der Waals surface area contributed by atoms with Crippen molar-refractivity contribution in [3.63, 3.8) is 0 Å². The normalized spacial score (nSPS) is 13.8. The van der Waals surface area contributed by atoms with Gasteiger partial charge in [0.1, 0.15) is 17.1 Å². The quantitative estimate of drug-likeness (QED) is 0.349. The predicted octanol–water partition coefficient (Wildman–Crippen LogP) is 3.61. The number of amides is 2. The van der Waals surface area contributed by atoms with Crippen LogP contribution in [0.3, 0.4) is 0 Å². The van der Waals surface area contributed by atoms with Gasteiger partial charge in [-0.2, -0.15) is 0 Å². The third kappa shape index (κ3) is 5.36. The van der Waals surface area contributed by atoms with Crippen molar-refractivity contribution in [1.29, 1.82) is 0 Å². The zero-order valence-corrected chi connectivity index (χ0v) is 20.4. The lowest BCUT2D eigenvalue weighted by molar-refractivity contribution is 0.0532. The molecule has 9 heteroatoms. The Bertz CT molecular complexity index is 1320. The number of pyridine rings is 1. The number of nitrogens with zero attached hydrogens (tertiary/aromatic N) is 4. The molecular formula is C27H32N6O3. The number of carbonyl (C=O) groups is 1. The number of nitrogens with one attached hydrogen (secondary N) is 1. The minimum Gasteiger partial charge on any atom is -0.494 e. The van der Waals surface area contributed by atoms with E-state index < -0.39 is 0 Å². The van der Waals surface area contributed by atoms with Crippen LogP contribution < -0.4 is 15.8 Å². The molecule has 3 N–H and O–H groups in total. The molecule has 3 heterocycles. The Hall–Kier alpha value is -3.85. The maximum absolute atomic E-state index is 12.5. The zero-order chi connectivity index (χ0) is 24.7. The Kier molecular flexibility index (Phi) is 7.47. The van der Waals surface area contributed by atoms with Gasteiger partial charge in [0.15, 0.2) is 5.82 Å². The fraction of sp³-hybridized carbons (Fsp3) is 0.370. The van der Waals surface area contributed by atoms with Crippen molar-refractivity contribution in [2.75, 3.05) is 45.2 Å². The van der Waals surface area contributed by atoms with Gasteiger partial charge in [-0.1, -0.05) is 36.4 Å². The summed E-state index contributed by atoms with van der Waals surface area (Å²) in [6.07, 6.45) is 2.33. The molecule has 2 aromatic carbocycles.